The molecule has 1 aliphatic rings. The molecule has 0 radical (unpaired) electrons. The Labute approximate surface area is 127 Å². The first-order valence-corrected chi connectivity index (χ1v) is 8.04. The number of aromatic nitrogens is 1. The van der Waals surface area contributed by atoms with E-state index in [9.17, 15) is 0 Å². The predicted molar refractivity (Wildman–Crippen MR) is 86.4 cm³/mol. The van der Waals surface area contributed by atoms with Crippen molar-refractivity contribution in [2.24, 2.45) is 11.8 Å². The van der Waals surface area contributed by atoms with Gasteiger partial charge in [-0.15, -0.1) is 0 Å². The van der Waals surface area contributed by atoms with Crippen molar-refractivity contribution in [1.82, 2.24) is 10.3 Å². The number of nitrogens with one attached hydrogen (secondary N) is 1. The van der Waals surface area contributed by atoms with Crippen molar-refractivity contribution in [3.8, 4) is 0 Å². The van der Waals surface area contributed by atoms with Crippen molar-refractivity contribution in [2.75, 3.05) is 25.0 Å². The largest absolute Gasteiger partial charge is 0.357 e. The van der Waals surface area contributed by atoms with Crippen LogP contribution in [0, 0.1) is 11.8 Å². The zero-order valence-electron chi connectivity index (χ0n) is 12.8. The maximum atomic E-state index is 6.19. The van der Waals surface area contributed by atoms with Crippen LogP contribution in [0.2, 0.25) is 5.02 Å². The van der Waals surface area contributed by atoms with Gasteiger partial charge >= 0.3 is 0 Å². The summed E-state index contributed by atoms with van der Waals surface area (Å²) in [6.45, 7) is 7.61. The molecule has 1 fully saturated rings. The zero-order chi connectivity index (χ0) is 14.5. The SMILES string of the molecule is CNCc1nc(N2CCCC(C(C)C)CC2)ccc1Cl. The van der Waals surface area contributed by atoms with Gasteiger partial charge in [0.25, 0.3) is 0 Å². The molecule has 0 amide bonds. The maximum Gasteiger partial charge on any atom is 0.128 e. The van der Waals surface area contributed by atoms with E-state index in [0.717, 1.165) is 48.0 Å². The minimum Gasteiger partial charge on any atom is -0.357 e. The van der Waals surface area contributed by atoms with Gasteiger partial charge in [-0.05, 0) is 50.3 Å². The molecule has 4 heteroatoms. The van der Waals surface area contributed by atoms with Crippen molar-refractivity contribution in [1.29, 1.82) is 0 Å². The molecule has 1 unspecified atom stereocenters. The fourth-order valence-corrected chi connectivity index (χ4v) is 3.13. The van der Waals surface area contributed by atoms with Gasteiger partial charge in [0.2, 0.25) is 0 Å². The van der Waals surface area contributed by atoms with Crippen LogP contribution in [0.15, 0.2) is 12.1 Å². The van der Waals surface area contributed by atoms with Crippen molar-refractivity contribution in [2.45, 2.75) is 39.7 Å². The number of pyridine rings is 1. The summed E-state index contributed by atoms with van der Waals surface area (Å²) in [5.74, 6) is 2.71. The predicted octanol–water partition coefficient (Wildman–Crippen LogP) is 3.72. The molecule has 0 saturated carbocycles. The second kappa shape index (κ2) is 7.28. The summed E-state index contributed by atoms with van der Waals surface area (Å²) in [6.07, 6.45) is 3.86. The Bertz CT molecular complexity index is 434. The number of rotatable bonds is 4. The van der Waals surface area contributed by atoms with E-state index in [1.807, 2.05) is 13.1 Å². The van der Waals surface area contributed by atoms with E-state index in [-0.39, 0.29) is 0 Å². The third kappa shape index (κ3) is 3.86. The van der Waals surface area contributed by atoms with E-state index in [4.69, 9.17) is 16.6 Å². The van der Waals surface area contributed by atoms with Crippen molar-refractivity contribution >= 4 is 17.4 Å². The summed E-state index contributed by atoms with van der Waals surface area (Å²) in [7, 11) is 1.92. The Morgan fingerprint density at radius 3 is 2.85 bits per heavy atom. The molecule has 1 aromatic heterocycles. The Morgan fingerprint density at radius 1 is 1.35 bits per heavy atom. The van der Waals surface area contributed by atoms with Crippen molar-refractivity contribution in [3.05, 3.63) is 22.8 Å². The van der Waals surface area contributed by atoms with Gasteiger partial charge < -0.3 is 10.2 Å². The van der Waals surface area contributed by atoms with Gasteiger partial charge in [0.1, 0.15) is 5.82 Å². The van der Waals surface area contributed by atoms with Crippen LogP contribution in [0.1, 0.15) is 38.8 Å². The third-order valence-corrected chi connectivity index (χ3v) is 4.63. The number of hydrogen-bond donors (Lipinski definition) is 1. The lowest BCUT2D eigenvalue weighted by atomic mass is 9.89. The van der Waals surface area contributed by atoms with E-state index in [1.54, 1.807) is 0 Å². The van der Waals surface area contributed by atoms with Crippen LogP contribution in [0.3, 0.4) is 0 Å². The second-order valence-electron chi connectivity index (χ2n) is 6.05. The molecular weight excluding hydrogens is 270 g/mol. The molecule has 2 rings (SSSR count). The Kier molecular flexibility index (Phi) is 5.67. The molecular formula is C16H26ClN3. The molecule has 0 aromatic carbocycles. The molecule has 0 spiro atoms. The smallest absolute Gasteiger partial charge is 0.128 e. The maximum absolute atomic E-state index is 6.19. The molecule has 20 heavy (non-hydrogen) atoms. The molecule has 1 aliphatic heterocycles. The first-order valence-electron chi connectivity index (χ1n) is 7.66. The van der Waals surface area contributed by atoms with E-state index in [0.29, 0.717) is 0 Å². The zero-order valence-corrected chi connectivity index (χ0v) is 13.6. The normalized spacial score (nSPS) is 20.2. The van der Waals surface area contributed by atoms with Gasteiger partial charge in [-0.1, -0.05) is 25.4 Å². The number of halogens is 1. The molecule has 112 valence electrons. The summed E-state index contributed by atoms with van der Waals surface area (Å²) in [4.78, 5) is 7.14. The van der Waals surface area contributed by atoms with E-state index >= 15 is 0 Å². The third-order valence-electron chi connectivity index (χ3n) is 4.29. The minimum atomic E-state index is 0.717. The van der Waals surface area contributed by atoms with Crippen LogP contribution < -0.4 is 10.2 Å². The molecule has 0 bridgehead atoms. The molecule has 1 aromatic rings. The van der Waals surface area contributed by atoms with E-state index in [1.165, 1.54) is 19.3 Å². The fourth-order valence-electron chi connectivity index (χ4n) is 2.96. The van der Waals surface area contributed by atoms with Gasteiger partial charge in [0, 0.05) is 19.6 Å². The first-order chi connectivity index (χ1) is 9.61. The number of hydrogen-bond acceptors (Lipinski definition) is 3. The van der Waals surface area contributed by atoms with Gasteiger partial charge in [0.05, 0.1) is 10.7 Å². The van der Waals surface area contributed by atoms with E-state index in [2.05, 4.69) is 30.1 Å². The topological polar surface area (TPSA) is 28.2 Å². The molecule has 1 N–H and O–H groups in total. The second-order valence-corrected chi connectivity index (χ2v) is 6.46. The molecule has 2 heterocycles. The highest BCUT2D eigenvalue weighted by molar-refractivity contribution is 6.31. The van der Waals surface area contributed by atoms with Crippen LogP contribution >= 0.6 is 11.6 Å². The fraction of sp³-hybridized carbons (Fsp3) is 0.688. The first kappa shape index (κ1) is 15.6. The monoisotopic (exact) mass is 295 g/mol. The highest BCUT2D eigenvalue weighted by Crippen LogP contribution is 2.27. The summed E-state index contributed by atoms with van der Waals surface area (Å²) in [5, 5.41) is 3.87. The highest BCUT2D eigenvalue weighted by atomic mass is 35.5. The number of nitrogens with zero attached hydrogens (tertiary/aromatic N) is 2. The average molecular weight is 296 g/mol. The van der Waals surface area contributed by atoms with Crippen molar-refractivity contribution < 1.29 is 0 Å². The standard InChI is InChI=1S/C16H26ClN3/c1-12(2)13-5-4-9-20(10-8-13)16-7-6-14(17)15(19-16)11-18-3/h6-7,12-13,18H,4-5,8-11H2,1-3H3. The molecule has 1 atom stereocenters. The highest BCUT2D eigenvalue weighted by Gasteiger charge is 2.20. The van der Waals surface area contributed by atoms with Crippen LogP contribution in [0.5, 0.6) is 0 Å². The molecule has 3 nitrogen and oxygen atoms in total. The number of anilines is 1. The van der Waals surface area contributed by atoms with Gasteiger partial charge in [-0.3, -0.25) is 0 Å². The molecule has 1 saturated heterocycles. The summed E-state index contributed by atoms with van der Waals surface area (Å²) in [6, 6.07) is 4.03. The Balaban J connectivity index is 2.09. The Hall–Kier alpha value is -0.800. The lowest BCUT2D eigenvalue weighted by molar-refractivity contribution is 0.351. The van der Waals surface area contributed by atoms with Gasteiger partial charge in [-0.25, -0.2) is 4.98 Å². The quantitative estimate of drug-likeness (QED) is 0.918. The lowest BCUT2D eigenvalue weighted by Gasteiger charge is -2.23. The van der Waals surface area contributed by atoms with Gasteiger partial charge in [0.15, 0.2) is 0 Å². The van der Waals surface area contributed by atoms with Crippen LogP contribution in [-0.4, -0.2) is 25.1 Å². The minimum absolute atomic E-state index is 0.717. The summed E-state index contributed by atoms with van der Waals surface area (Å²) >= 11 is 6.19. The van der Waals surface area contributed by atoms with Crippen LogP contribution in [-0.2, 0) is 6.54 Å². The van der Waals surface area contributed by atoms with E-state index < -0.39 is 0 Å². The molecule has 0 aliphatic carbocycles. The average Bonchev–Trinajstić information content (AvgIpc) is 2.67. The van der Waals surface area contributed by atoms with Crippen LogP contribution in [0.25, 0.3) is 0 Å². The summed E-state index contributed by atoms with van der Waals surface area (Å²) in [5.41, 5.74) is 0.941. The van der Waals surface area contributed by atoms with Gasteiger partial charge in [-0.2, -0.15) is 0 Å². The summed E-state index contributed by atoms with van der Waals surface area (Å²) < 4.78 is 0. The van der Waals surface area contributed by atoms with Crippen molar-refractivity contribution in [3.63, 3.8) is 0 Å². The lowest BCUT2D eigenvalue weighted by Crippen LogP contribution is -2.26. The Morgan fingerprint density at radius 2 is 2.15 bits per heavy atom. The van der Waals surface area contributed by atoms with Crippen LogP contribution in [0.4, 0.5) is 5.82 Å².